The van der Waals surface area contributed by atoms with Gasteiger partial charge in [-0.1, -0.05) is 23.4 Å². The quantitative estimate of drug-likeness (QED) is 0.413. The number of nitriles is 1. The highest BCUT2D eigenvalue weighted by Crippen LogP contribution is 2.31. The highest BCUT2D eigenvalue weighted by Gasteiger charge is 2.15. The third kappa shape index (κ3) is 3.81. The number of pyridine rings is 1. The first-order chi connectivity index (χ1) is 16.2. The summed E-state index contributed by atoms with van der Waals surface area (Å²) in [6, 6.07) is 18.0. The van der Waals surface area contributed by atoms with Gasteiger partial charge in [0.15, 0.2) is 0 Å². The van der Waals surface area contributed by atoms with Gasteiger partial charge in [-0.2, -0.15) is 10.2 Å². The predicted octanol–water partition coefficient (Wildman–Crippen LogP) is 4.70. The maximum atomic E-state index is 12.6. The minimum absolute atomic E-state index is 0.144. The molecule has 1 N–H and O–H groups in total. The molecule has 1 amide bonds. The Hall–Kier alpha value is -4.51. The summed E-state index contributed by atoms with van der Waals surface area (Å²) in [5, 5.41) is 18.4. The number of carbonyl (C=O) groups is 1. The van der Waals surface area contributed by atoms with Crippen LogP contribution in [0, 0.1) is 11.3 Å². The van der Waals surface area contributed by atoms with Crippen LogP contribution in [0.5, 0.6) is 0 Å². The second kappa shape index (κ2) is 8.55. The lowest BCUT2D eigenvalue weighted by molar-refractivity contribution is -0.116. The van der Waals surface area contributed by atoms with E-state index >= 15 is 0 Å². The van der Waals surface area contributed by atoms with E-state index in [1.165, 1.54) is 11.7 Å². The van der Waals surface area contributed by atoms with Crippen molar-refractivity contribution in [2.45, 2.75) is 26.3 Å². The van der Waals surface area contributed by atoms with Gasteiger partial charge < -0.3 is 14.4 Å². The summed E-state index contributed by atoms with van der Waals surface area (Å²) in [6.45, 7) is 3.00. The fraction of sp³-hybridized carbons (Fsp3) is 0.160. The Morgan fingerprint density at radius 1 is 1.15 bits per heavy atom. The van der Waals surface area contributed by atoms with Gasteiger partial charge in [0.25, 0.3) is 0 Å². The molecule has 0 saturated heterocycles. The molecular weight excluding hydrogens is 416 g/mol. The van der Waals surface area contributed by atoms with Crippen LogP contribution in [-0.2, 0) is 17.8 Å². The van der Waals surface area contributed by atoms with Crippen LogP contribution in [0.4, 0.5) is 5.69 Å². The number of rotatable bonds is 6. The van der Waals surface area contributed by atoms with E-state index in [0.717, 1.165) is 28.5 Å². The Labute approximate surface area is 189 Å². The predicted molar refractivity (Wildman–Crippen MR) is 124 cm³/mol. The van der Waals surface area contributed by atoms with Gasteiger partial charge in [-0.15, -0.1) is 0 Å². The summed E-state index contributed by atoms with van der Waals surface area (Å²) in [7, 11) is 0. The Bertz CT molecular complexity index is 1530. The number of aromatic nitrogens is 4. The molecule has 8 heteroatoms. The SMILES string of the molecule is CCn1c2ccccc2c2cc(NC(=O)CCc3nc(-c4ccncc4C#N)no3)ccc21. The summed E-state index contributed by atoms with van der Waals surface area (Å²) >= 11 is 0. The highest BCUT2D eigenvalue weighted by molar-refractivity contribution is 6.09. The second-order valence-electron chi connectivity index (χ2n) is 7.59. The topological polar surface area (TPSA) is 110 Å². The van der Waals surface area contributed by atoms with Crippen molar-refractivity contribution in [2.24, 2.45) is 0 Å². The molecule has 162 valence electrons. The number of amides is 1. The molecule has 0 fully saturated rings. The lowest BCUT2D eigenvalue weighted by Gasteiger charge is -2.06. The molecule has 3 heterocycles. The van der Waals surface area contributed by atoms with Crippen LogP contribution in [0.2, 0.25) is 0 Å². The van der Waals surface area contributed by atoms with Crippen LogP contribution in [0.3, 0.4) is 0 Å². The van der Waals surface area contributed by atoms with Crippen molar-refractivity contribution in [3.05, 3.63) is 72.4 Å². The van der Waals surface area contributed by atoms with Crippen LogP contribution in [0.15, 0.2) is 65.4 Å². The molecule has 0 saturated carbocycles. The van der Waals surface area contributed by atoms with Crippen LogP contribution in [0.25, 0.3) is 33.2 Å². The van der Waals surface area contributed by atoms with Crippen LogP contribution in [0.1, 0.15) is 24.8 Å². The molecule has 0 bridgehead atoms. The number of hydrogen-bond donors (Lipinski definition) is 1. The molecule has 0 radical (unpaired) electrons. The van der Waals surface area contributed by atoms with Crippen molar-refractivity contribution >= 4 is 33.4 Å². The van der Waals surface area contributed by atoms with Crippen molar-refractivity contribution in [1.29, 1.82) is 5.26 Å². The number of hydrogen-bond acceptors (Lipinski definition) is 6. The Balaban J connectivity index is 1.30. The zero-order chi connectivity index (χ0) is 22.8. The Morgan fingerprint density at radius 2 is 2.00 bits per heavy atom. The fourth-order valence-corrected chi connectivity index (χ4v) is 4.06. The number of benzene rings is 2. The minimum atomic E-state index is -0.144. The molecule has 0 aliphatic heterocycles. The zero-order valence-corrected chi connectivity index (χ0v) is 17.9. The van der Waals surface area contributed by atoms with Crippen molar-refractivity contribution < 1.29 is 9.32 Å². The average molecular weight is 436 g/mol. The van der Waals surface area contributed by atoms with E-state index in [9.17, 15) is 10.1 Å². The average Bonchev–Trinajstić information content (AvgIpc) is 3.45. The summed E-state index contributed by atoms with van der Waals surface area (Å²) in [5.74, 6) is 0.499. The molecule has 0 atom stereocenters. The Morgan fingerprint density at radius 3 is 2.85 bits per heavy atom. The number of fused-ring (bicyclic) bond motifs is 3. The molecule has 0 aliphatic carbocycles. The lowest BCUT2D eigenvalue weighted by atomic mass is 10.1. The van der Waals surface area contributed by atoms with Gasteiger partial charge >= 0.3 is 0 Å². The molecule has 0 aliphatic rings. The first kappa shape index (κ1) is 20.4. The Kier molecular flexibility index (Phi) is 5.29. The van der Waals surface area contributed by atoms with Crippen LogP contribution < -0.4 is 5.32 Å². The van der Waals surface area contributed by atoms with E-state index in [4.69, 9.17) is 4.52 Å². The van der Waals surface area contributed by atoms with Crippen molar-refractivity contribution in [2.75, 3.05) is 5.32 Å². The summed E-state index contributed by atoms with van der Waals surface area (Å²) in [5.41, 5.74) is 3.98. The molecule has 0 unspecified atom stereocenters. The molecule has 2 aromatic carbocycles. The normalized spacial score (nSPS) is 11.0. The number of aryl methyl sites for hydroxylation is 2. The van der Waals surface area contributed by atoms with E-state index in [0.29, 0.717) is 29.3 Å². The van der Waals surface area contributed by atoms with Crippen LogP contribution in [-0.4, -0.2) is 25.6 Å². The summed E-state index contributed by atoms with van der Waals surface area (Å²) < 4.78 is 7.53. The van der Waals surface area contributed by atoms with E-state index in [-0.39, 0.29) is 12.3 Å². The minimum Gasteiger partial charge on any atom is -0.341 e. The zero-order valence-electron chi connectivity index (χ0n) is 17.9. The molecule has 5 aromatic rings. The van der Waals surface area contributed by atoms with E-state index in [1.807, 2.05) is 30.3 Å². The largest absolute Gasteiger partial charge is 0.341 e. The highest BCUT2D eigenvalue weighted by atomic mass is 16.5. The van der Waals surface area contributed by atoms with Gasteiger partial charge in [-0.05, 0) is 37.3 Å². The molecule has 0 spiro atoms. The fourth-order valence-electron chi connectivity index (χ4n) is 4.06. The van der Waals surface area contributed by atoms with Gasteiger partial charge in [0, 0.05) is 64.8 Å². The number of nitrogens with zero attached hydrogens (tertiary/aromatic N) is 5. The van der Waals surface area contributed by atoms with Gasteiger partial charge in [0.2, 0.25) is 17.6 Å². The summed E-state index contributed by atoms with van der Waals surface area (Å²) in [4.78, 5) is 20.8. The first-order valence-electron chi connectivity index (χ1n) is 10.7. The second-order valence-corrected chi connectivity index (χ2v) is 7.59. The number of nitrogens with one attached hydrogen (secondary N) is 1. The third-order valence-corrected chi connectivity index (χ3v) is 5.59. The van der Waals surface area contributed by atoms with E-state index in [1.54, 1.807) is 12.3 Å². The lowest BCUT2D eigenvalue weighted by Crippen LogP contribution is -2.12. The van der Waals surface area contributed by atoms with Gasteiger partial charge in [-0.25, -0.2) is 0 Å². The molecule has 5 rings (SSSR count). The van der Waals surface area contributed by atoms with Crippen molar-refractivity contribution in [1.82, 2.24) is 19.7 Å². The molecule has 8 nitrogen and oxygen atoms in total. The van der Waals surface area contributed by atoms with Crippen molar-refractivity contribution in [3.8, 4) is 17.5 Å². The number of anilines is 1. The number of para-hydroxylation sites is 1. The molecular formula is C25H20N6O2. The van der Waals surface area contributed by atoms with Gasteiger partial charge in [0.1, 0.15) is 6.07 Å². The standard InChI is InChI=1S/C25H20N6O2/c1-2-31-21-6-4-3-5-19(21)20-13-17(7-8-22(20)31)28-23(32)9-10-24-29-25(30-33-24)18-11-12-27-15-16(18)14-26/h3-8,11-13,15H,2,9-10H2,1H3,(H,28,32). The number of carbonyl (C=O) groups excluding carboxylic acids is 1. The molecule has 3 aromatic heterocycles. The smallest absolute Gasteiger partial charge is 0.227 e. The monoisotopic (exact) mass is 436 g/mol. The van der Waals surface area contributed by atoms with Crippen LogP contribution >= 0.6 is 0 Å². The maximum absolute atomic E-state index is 12.6. The van der Waals surface area contributed by atoms with E-state index in [2.05, 4.69) is 50.1 Å². The first-order valence-corrected chi connectivity index (χ1v) is 10.7. The van der Waals surface area contributed by atoms with Crippen molar-refractivity contribution in [3.63, 3.8) is 0 Å². The molecule has 33 heavy (non-hydrogen) atoms. The van der Waals surface area contributed by atoms with Gasteiger partial charge in [-0.3, -0.25) is 9.78 Å². The maximum Gasteiger partial charge on any atom is 0.227 e. The van der Waals surface area contributed by atoms with E-state index < -0.39 is 0 Å². The third-order valence-electron chi connectivity index (χ3n) is 5.59. The van der Waals surface area contributed by atoms with Gasteiger partial charge in [0.05, 0.1) is 5.56 Å². The summed E-state index contributed by atoms with van der Waals surface area (Å²) in [6.07, 6.45) is 3.50.